The van der Waals surface area contributed by atoms with Gasteiger partial charge in [-0.1, -0.05) is 0 Å². The van der Waals surface area contributed by atoms with Crippen molar-refractivity contribution in [3.63, 3.8) is 0 Å². The first-order valence-corrected chi connectivity index (χ1v) is 6.90. The van der Waals surface area contributed by atoms with Crippen LogP contribution in [-0.4, -0.2) is 35.4 Å². The van der Waals surface area contributed by atoms with Crippen LogP contribution in [0.3, 0.4) is 0 Å². The second kappa shape index (κ2) is 5.14. The molecule has 2 heterocycles. The number of carbonyl (C=O) groups is 1. The maximum absolute atomic E-state index is 11.4. The van der Waals surface area contributed by atoms with Crippen molar-refractivity contribution in [2.75, 3.05) is 19.6 Å². The number of thiazole rings is 1. The first-order valence-electron chi connectivity index (χ1n) is 6.02. The summed E-state index contributed by atoms with van der Waals surface area (Å²) < 4.78 is 0. The van der Waals surface area contributed by atoms with Gasteiger partial charge in [-0.2, -0.15) is 0 Å². The van der Waals surface area contributed by atoms with Crippen molar-refractivity contribution in [2.24, 2.45) is 0 Å². The van der Waals surface area contributed by atoms with Crippen molar-refractivity contribution in [3.05, 3.63) is 16.6 Å². The summed E-state index contributed by atoms with van der Waals surface area (Å²) >= 11 is 1.66. The summed E-state index contributed by atoms with van der Waals surface area (Å²) in [6, 6.07) is 0. The van der Waals surface area contributed by atoms with Crippen molar-refractivity contribution in [3.8, 4) is 0 Å². The molecule has 0 saturated carbocycles. The van der Waals surface area contributed by atoms with Gasteiger partial charge in [0.2, 0.25) is 5.91 Å². The highest BCUT2D eigenvalue weighted by molar-refractivity contribution is 7.09. The van der Waals surface area contributed by atoms with Crippen LogP contribution in [0.25, 0.3) is 0 Å². The van der Waals surface area contributed by atoms with Crippen molar-refractivity contribution in [2.45, 2.75) is 32.2 Å². The number of carbonyl (C=O) groups excluding carboxylic acids is 1. The molecule has 5 heteroatoms. The second-order valence-corrected chi connectivity index (χ2v) is 5.77. The molecule has 0 radical (unpaired) electrons. The quantitative estimate of drug-likeness (QED) is 0.867. The van der Waals surface area contributed by atoms with Gasteiger partial charge in [-0.25, -0.2) is 4.98 Å². The number of hydrogen-bond donors (Lipinski definition) is 1. The first-order chi connectivity index (χ1) is 8.09. The molecule has 1 aliphatic rings. The number of likely N-dealkylation sites (tertiary alicyclic amines) is 1. The van der Waals surface area contributed by atoms with E-state index in [4.69, 9.17) is 0 Å². The monoisotopic (exact) mass is 253 g/mol. The molecule has 2 rings (SSSR count). The molecule has 1 aromatic heterocycles. The molecular formula is C12H19N3OS. The van der Waals surface area contributed by atoms with E-state index in [1.54, 1.807) is 11.3 Å². The molecule has 17 heavy (non-hydrogen) atoms. The average molecular weight is 253 g/mol. The summed E-state index contributed by atoms with van der Waals surface area (Å²) in [5.74, 6) is 0.291. The van der Waals surface area contributed by atoms with E-state index in [1.807, 2.05) is 16.5 Å². The SMILES string of the molecule is CC(C)(NCCN1CCCC1=O)c1nccs1. The Morgan fingerprint density at radius 3 is 3.00 bits per heavy atom. The van der Waals surface area contributed by atoms with Crippen molar-refractivity contribution in [1.29, 1.82) is 0 Å². The predicted octanol–water partition coefficient (Wildman–Crippen LogP) is 1.59. The summed E-state index contributed by atoms with van der Waals surface area (Å²) in [5, 5.41) is 6.54. The van der Waals surface area contributed by atoms with Crippen LogP contribution < -0.4 is 5.32 Å². The third-order valence-corrected chi connectivity index (χ3v) is 4.18. The zero-order chi connectivity index (χ0) is 12.3. The smallest absolute Gasteiger partial charge is 0.222 e. The van der Waals surface area contributed by atoms with Crippen molar-refractivity contribution >= 4 is 17.2 Å². The summed E-state index contributed by atoms with van der Waals surface area (Å²) in [5.41, 5.74) is -0.114. The largest absolute Gasteiger partial charge is 0.341 e. The van der Waals surface area contributed by atoms with Crippen LogP contribution in [0.1, 0.15) is 31.7 Å². The standard InChI is InChI=1S/C12H19N3OS/c1-12(2,11-13-6-9-17-11)14-5-8-15-7-3-4-10(15)16/h6,9,14H,3-5,7-8H2,1-2H3. The van der Waals surface area contributed by atoms with Gasteiger partial charge >= 0.3 is 0 Å². The molecule has 1 saturated heterocycles. The van der Waals surface area contributed by atoms with Gasteiger partial charge < -0.3 is 10.2 Å². The van der Waals surface area contributed by atoms with Gasteiger partial charge in [0.1, 0.15) is 5.01 Å². The molecule has 0 unspecified atom stereocenters. The molecule has 0 bridgehead atoms. The summed E-state index contributed by atoms with van der Waals surface area (Å²) in [6.45, 7) is 6.78. The van der Waals surface area contributed by atoms with E-state index < -0.39 is 0 Å². The highest BCUT2D eigenvalue weighted by Gasteiger charge is 2.24. The molecule has 0 aromatic carbocycles. The van der Waals surface area contributed by atoms with E-state index in [0.717, 1.165) is 37.5 Å². The topological polar surface area (TPSA) is 45.2 Å². The molecule has 0 atom stereocenters. The van der Waals surface area contributed by atoms with Crippen LogP contribution in [0.4, 0.5) is 0 Å². The number of rotatable bonds is 5. The number of nitrogens with one attached hydrogen (secondary N) is 1. The van der Waals surface area contributed by atoms with Gasteiger partial charge in [-0.15, -0.1) is 11.3 Å². The van der Waals surface area contributed by atoms with Gasteiger partial charge in [0.25, 0.3) is 0 Å². The van der Waals surface area contributed by atoms with Gasteiger partial charge in [0.15, 0.2) is 0 Å². The summed E-state index contributed by atoms with van der Waals surface area (Å²) in [4.78, 5) is 17.7. The minimum Gasteiger partial charge on any atom is -0.341 e. The lowest BCUT2D eigenvalue weighted by atomic mass is 10.1. The van der Waals surface area contributed by atoms with Crippen LogP contribution in [0, 0.1) is 0 Å². The molecule has 4 nitrogen and oxygen atoms in total. The van der Waals surface area contributed by atoms with Gasteiger partial charge in [0, 0.05) is 37.6 Å². The Hall–Kier alpha value is -0.940. The zero-order valence-electron chi connectivity index (χ0n) is 10.4. The van der Waals surface area contributed by atoms with E-state index in [2.05, 4.69) is 24.1 Å². The molecule has 0 spiro atoms. The van der Waals surface area contributed by atoms with E-state index in [9.17, 15) is 4.79 Å². The molecule has 1 N–H and O–H groups in total. The molecule has 94 valence electrons. The fraction of sp³-hybridized carbons (Fsp3) is 0.667. The molecular weight excluding hydrogens is 234 g/mol. The van der Waals surface area contributed by atoms with E-state index in [-0.39, 0.29) is 5.54 Å². The summed E-state index contributed by atoms with van der Waals surface area (Å²) in [7, 11) is 0. The van der Waals surface area contributed by atoms with Gasteiger partial charge in [-0.05, 0) is 20.3 Å². The van der Waals surface area contributed by atoms with Crippen LogP contribution in [0.5, 0.6) is 0 Å². The molecule has 1 aromatic rings. The highest BCUT2D eigenvalue weighted by atomic mass is 32.1. The number of amides is 1. The van der Waals surface area contributed by atoms with Crippen molar-refractivity contribution in [1.82, 2.24) is 15.2 Å². The van der Waals surface area contributed by atoms with E-state index in [1.165, 1.54) is 0 Å². The number of hydrogen-bond acceptors (Lipinski definition) is 4. The Morgan fingerprint density at radius 1 is 1.59 bits per heavy atom. The molecule has 1 amide bonds. The average Bonchev–Trinajstić information content (AvgIpc) is 2.90. The zero-order valence-corrected chi connectivity index (χ0v) is 11.2. The Bertz CT molecular complexity index is 375. The number of nitrogens with zero attached hydrogens (tertiary/aromatic N) is 2. The van der Waals surface area contributed by atoms with Crippen LogP contribution in [0.2, 0.25) is 0 Å². The van der Waals surface area contributed by atoms with Crippen molar-refractivity contribution < 1.29 is 4.79 Å². The Labute approximate surface area is 106 Å². The predicted molar refractivity (Wildman–Crippen MR) is 69.0 cm³/mol. The third-order valence-electron chi connectivity index (χ3n) is 3.09. The lowest BCUT2D eigenvalue weighted by Crippen LogP contribution is -2.41. The Morgan fingerprint density at radius 2 is 2.41 bits per heavy atom. The van der Waals surface area contributed by atoms with Crippen LogP contribution in [0.15, 0.2) is 11.6 Å². The Kier molecular flexibility index (Phi) is 3.79. The Balaban J connectivity index is 1.80. The fourth-order valence-corrected chi connectivity index (χ4v) is 2.79. The molecule has 1 fully saturated rings. The second-order valence-electron chi connectivity index (χ2n) is 4.87. The van der Waals surface area contributed by atoms with E-state index >= 15 is 0 Å². The minimum atomic E-state index is -0.114. The van der Waals surface area contributed by atoms with Gasteiger partial charge in [0.05, 0.1) is 5.54 Å². The lowest BCUT2D eigenvalue weighted by Gasteiger charge is -2.25. The summed E-state index contributed by atoms with van der Waals surface area (Å²) in [6.07, 6.45) is 3.55. The maximum atomic E-state index is 11.4. The minimum absolute atomic E-state index is 0.114. The highest BCUT2D eigenvalue weighted by Crippen LogP contribution is 2.21. The number of aromatic nitrogens is 1. The lowest BCUT2D eigenvalue weighted by molar-refractivity contribution is -0.127. The normalized spacial score (nSPS) is 16.8. The van der Waals surface area contributed by atoms with Crippen LogP contribution in [-0.2, 0) is 10.3 Å². The fourth-order valence-electron chi connectivity index (χ4n) is 2.05. The van der Waals surface area contributed by atoms with E-state index in [0.29, 0.717) is 5.91 Å². The molecule has 0 aliphatic carbocycles. The molecule has 1 aliphatic heterocycles. The van der Waals surface area contributed by atoms with Crippen LogP contribution >= 0.6 is 11.3 Å². The third kappa shape index (κ3) is 3.04. The first kappa shape index (κ1) is 12.5. The maximum Gasteiger partial charge on any atom is 0.222 e. The van der Waals surface area contributed by atoms with Gasteiger partial charge in [-0.3, -0.25) is 4.79 Å².